The lowest BCUT2D eigenvalue weighted by Crippen LogP contribution is -2.68. The van der Waals surface area contributed by atoms with Gasteiger partial charge in [0.2, 0.25) is 35.4 Å². The summed E-state index contributed by atoms with van der Waals surface area (Å²) < 4.78 is 2.08. The Morgan fingerprint density at radius 3 is 2.01 bits per heavy atom. The van der Waals surface area contributed by atoms with Gasteiger partial charge < -0.3 is 46.5 Å². The summed E-state index contributed by atoms with van der Waals surface area (Å²) in [6.45, 7) is 1.71. The molecule has 3 saturated heterocycles. The number of anilines is 1. The molecular formula is C57H57N9O8. The van der Waals surface area contributed by atoms with Gasteiger partial charge in [-0.15, -0.1) is 0 Å². The van der Waals surface area contributed by atoms with E-state index in [1.165, 1.54) is 24.0 Å². The maximum Gasteiger partial charge on any atom is 0.252 e. The minimum atomic E-state index is -1.26. The number of hydrogen-bond donors (Lipinski definition) is 6. The van der Waals surface area contributed by atoms with Crippen molar-refractivity contribution in [3.8, 4) is 5.75 Å². The van der Waals surface area contributed by atoms with E-state index in [1.54, 1.807) is 21.9 Å². The predicted molar refractivity (Wildman–Crippen MR) is 274 cm³/mol. The molecule has 0 aliphatic carbocycles. The van der Waals surface area contributed by atoms with Crippen LogP contribution in [0.15, 0.2) is 140 Å². The minimum Gasteiger partial charge on any atom is -0.508 e. The molecule has 6 aromatic rings. The van der Waals surface area contributed by atoms with E-state index in [9.17, 15) is 29.1 Å². The second-order valence-corrected chi connectivity index (χ2v) is 20.2. The lowest BCUT2D eigenvalue weighted by atomic mass is 9.78. The number of nitrogens with two attached hydrogens (primary N) is 1. The second kappa shape index (κ2) is 19.3. The number of hydrogen-bond acceptors (Lipinski definition) is 9. The fourth-order valence-electron chi connectivity index (χ4n) is 12.1. The number of amides is 7. The number of nitrogens with one attached hydrogen (secondary N) is 4. The first kappa shape index (κ1) is 48.0. The molecule has 5 aromatic carbocycles. The lowest BCUT2D eigenvalue weighted by molar-refractivity contribution is -0.147. The maximum absolute atomic E-state index is 15.4. The molecule has 6 heterocycles. The Balaban J connectivity index is 1.04. The Labute approximate surface area is 427 Å². The van der Waals surface area contributed by atoms with E-state index in [2.05, 4.69) is 25.8 Å². The average molecular weight is 996 g/mol. The molecule has 17 nitrogen and oxygen atoms in total. The Morgan fingerprint density at radius 2 is 1.27 bits per heavy atom. The van der Waals surface area contributed by atoms with Gasteiger partial charge in [0.25, 0.3) is 5.91 Å². The summed E-state index contributed by atoms with van der Waals surface area (Å²) in [6, 6.07) is 32.1. The topological polar surface area (TPSA) is 229 Å². The van der Waals surface area contributed by atoms with E-state index in [-0.39, 0.29) is 56.7 Å². The number of aromatic nitrogens is 1. The molecule has 3 fully saturated rings. The minimum absolute atomic E-state index is 0.00234. The van der Waals surface area contributed by atoms with Crippen LogP contribution in [0.4, 0.5) is 5.69 Å². The van der Waals surface area contributed by atoms with Gasteiger partial charge in [-0.1, -0.05) is 109 Å². The lowest BCUT2D eigenvalue weighted by Gasteiger charge is -2.49. The number of phenols is 1. The largest absolute Gasteiger partial charge is 0.508 e. The molecular weight excluding hydrogens is 939 g/mol. The van der Waals surface area contributed by atoms with Crippen molar-refractivity contribution in [3.63, 3.8) is 0 Å². The van der Waals surface area contributed by atoms with E-state index < -0.39 is 89.4 Å². The summed E-state index contributed by atoms with van der Waals surface area (Å²) in [7, 11) is 0. The molecule has 1 spiro atoms. The number of carbonyl (C=O) groups excluding carboxylic acids is 7. The number of carbonyl (C=O) groups is 7. The van der Waals surface area contributed by atoms with Crippen LogP contribution in [0.1, 0.15) is 54.0 Å². The van der Waals surface area contributed by atoms with Gasteiger partial charge in [-0.05, 0) is 72.7 Å². The summed E-state index contributed by atoms with van der Waals surface area (Å²) in [4.78, 5) is 108. The molecule has 11 rings (SSSR count). The van der Waals surface area contributed by atoms with E-state index in [1.807, 2.05) is 115 Å². The van der Waals surface area contributed by atoms with Crippen molar-refractivity contribution in [3.05, 3.63) is 167 Å². The third kappa shape index (κ3) is 8.39. The molecule has 4 bridgehead atoms. The third-order valence-corrected chi connectivity index (χ3v) is 15.6. The highest BCUT2D eigenvalue weighted by atomic mass is 16.3. The van der Waals surface area contributed by atoms with E-state index in [0.29, 0.717) is 23.2 Å². The zero-order chi connectivity index (χ0) is 51.4. The van der Waals surface area contributed by atoms with Crippen LogP contribution in [0.2, 0.25) is 0 Å². The number of rotatable bonds is 6. The van der Waals surface area contributed by atoms with Gasteiger partial charge in [-0.3, -0.25) is 38.5 Å². The van der Waals surface area contributed by atoms with Crippen LogP contribution in [-0.4, -0.2) is 116 Å². The number of piperidine rings is 1. The van der Waals surface area contributed by atoms with Crippen molar-refractivity contribution < 1.29 is 38.7 Å². The van der Waals surface area contributed by atoms with Crippen LogP contribution in [0.3, 0.4) is 0 Å². The van der Waals surface area contributed by atoms with Gasteiger partial charge >= 0.3 is 0 Å². The van der Waals surface area contributed by atoms with Gasteiger partial charge in [0.1, 0.15) is 53.7 Å². The third-order valence-electron chi connectivity index (χ3n) is 15.6. The monoisotopic (exact) mass is 995 g/mol. The van der Waals surface area contributed by atoms with E-state index >= 15 is 9.59 Å². The zero-order valence-corrected chi connectivity index (χ0v) is 40.7. The smallest absolute Gasteiger partial charge is 0.252 e. The Kier molecular flexibility index (Phi) is 12.5. The maximum atomic E-state index is 15.4. The van der Waals surface area contributed by atoms with Gasteiger partial charge in [0.15, 0.2) is 0 Å². The van der Waals surface area contributed by atoms with Crippen LogP contribution < -0.4 is 31.9 Å². The van der Waals surface area contributed by atoms with Crippen molar-refractivity contribution in [1.82, 2.24) is 35.6 Å². The summed E-state index contributed by atoms with van der Waals surface area (Å²) in [5.41, 5.74) is 10.7. The van der Waals surface area contributed by atoms with Crippen LogP contribution >= 0.6 is 0 Å². The first-order chi connectivity index (χ1) is 35.8. The summed E-state index contributed by atoms with van der Waals surface area (Å²) in [5.74, 6) is -3.80. The quantitative estimate of drug-likeness (QED) is 0.144. The Morgan fingerprint density at radius 1 is 0.635 bits per heavy atom. The second-order valence-electron chi connectivity index (χ2n) is 20.2. The number of phenolic OH excluding ortho intramolecular Hbond substituents is 1. The van der Waals surface area contributed by atoms with Gasteiger partial charge in [0, 0.05) is 54.9 Å². The van der Waals surface area contributed by atoms with Gasteiger partial charge in [-0.2, -0.15) is 0 Å². The van der Waals surface area contributed by atoms with Crippen LogP contribution in [0.5, 0.6) is 5.75 Å². The van der Waals surface area contributed by atoms with Crippen molar-refractivity contribution in [2.75, 3.05) is 11.4 Å². The normalized spacial score (nSPS) is 27.3. The molecule has 9 atom stereocenters. The Bertz CT molecular complexity index is 3200. The average Bonchev–Trinajstić information content (AvgIpc) is 4.24. The van der Waals surface area contributed by atoms with Crippen molar-refractivity contribution >= 4 is 57.9 Å². The standard InChI is InChI=1S/C57H57N9O8/c1-33-49(68)62-44-31-57(40-18-9-11-20-46(40)65-55(74)48(66(54(44)73)56(57)65)29-35-15-6-3-7-16-35)64-32-37(39-17-8-10-19-45(39)64)30-41(58)50(69)61-43(28-34-13-4-2-5-14-34)53(72)63-26-12-21-47(63)52(71)60-42(51(70)59-33)27-36-22-24-38(67)25-23-36/h2-11,13-20,22-25,32-33,41-44,47-48,56,67H,12,21,26-31,58H2,1H3,(H,59,70)(H,60,71)(H,61,69)(H,62,68)/t33-,41?,42?,43?,44-,47?,48?,56?,57?/m0/s1. The molecule has 7 unspecified atom stereocenters. The van der Waals surface area contributed by atoms with Crippen LogP contribution in [0, 0.1) is 0 Å². The number of nitrogens with zero attached hydrogens (tertiary/aromatic N) is 4. The number of benzene rings is 5. The van der Waals surface area contributed by atoms with Gasteiger partial charge in [0.05, 0.1) is 11.7 Å². The van der Waals surface area contributed by atoms with Crippen LogP contribution in [-0.2, 0) is 64.8 Å². The first-order valence-corrected chi connectivity index (χ1v) is 25.3. The fraction of sp³-hybridized carbons (Fsp3) is 0.316. The van der Waals surface area contributed by atoms with Gasteiger partial charge in [-0.25, -0.2) is 0 Å². The van der Waals surface area contributed by atoms with Crippen molar-refractivity contribution in [2.24, 2.45) is 5.73 Å². The number of fused-ring (bicyclic) bond motifs is 9. The van der Waals surface area contributed by atoms with E-state index in [4.69, 9.17) is 5.73 Å². The molecule has 0 saturated carbocycles. The molecule has 7 amide bonds. The predicted octanol–water partition coefficient (Wildman–Crippen LogP) is 2.94. The number of aromatic hydroxyl groups is 1. The molecule has 378 valence electrons. The van der Waals surface area contributed by atoms with Crippen molar-refractivity contribution in [1.29, 1.82) is 0 Å². The fourth-order valence-corrected chi connectivity index (χ4v) is 12.1. The molecule has 7 N–H and O–H groups in total. The molecule has 74 heavy (non-hydrogen) atoms. The summed E-state index contributed by atoms with van der Waals surface area (Å²) >= 11 is 0. The summed E-state index contributed by atoms with van der Waals surface area (Å²) in [5, 5.41) is 22.5. The Hall–Kier alpha value is -8.31. The highest BCUT2D eigenvalue weighted by Gasteiger charge is 2.68. The zero-order valence-electron chi connectivity index (χ0n) is 40.7. The van der Waals surface area contributed by atoms with Crippen molar-refractivity contribution in [2.45, 2.75) is 106 Å². The highest BCUT2D eigenvalue weighted by Crippen LogP contribution is 2.57. The molecule has 5 aliphatic rings. The van der Waals surface area contributed by atoms with Crippen LogP contribution in [0.25, 0.3) is 10.9 Å². The summed E-state index contributed by atoms with van der Waals surface area (Å²) in [6.07, 6.45) is 2.10. The highest BCUT2D eigenvalue weighted by molar-refractivity contribution is 6.08. The first-order valence-electron chi connectivity index (χ1n) is 25.3. The SMILES string of the molecule is C[C@@H]1NC(=O)C(Cc2ccc(O)cc2)NC(=O)C2CCCN2C(=O)C(Cc2ccccc2)NC(=O)C(N)Cc2cn(c3ccccc23)C23C[C@H](NC1=O)C(=O)N1C(Cc4ccccc4)C(=O)N(c4ccccc42)C13. The molecule has 5 aliphatic heterocycles. The van der Waals surface area contributed by atoms with E-state index in [0.717, 1.165) is 27.6 Å². The number of para-hydroxylation sites is 2. The molecule has 0 radical (unpaired) electrons. The molecule has 17 heteroatoms. The molecule has 1 aromatic heterocycles.